The standard InChI is InChI=1S/C25H21N3O/c29-25(28(20-13-14-20)17-19-10-6-7-15-26-19)22-16-24(18-8-2-1-3-9-18)27-23-12-5-4-11-21(22)23/h1-12,15-16,20H,13-14,17H2. The summed E-state index contributed by atoms with van der Waals surface area (Å²) in [5.74, 6) is 0.0499. The largest absolute Gasteiger partial charge is 0.330 e. The molecule has 0 aliphatic heterocycles. The topological polar surface area (TPSA) is 46.1 Å². The highest BCUT2D eigenvalue weighted by Crippen LogP contribution is 2.32. The van der Waals surface area contributed by atoms with Gasteiger partial charge in [0.15, 0.2) is 0 Å². The van der Waals surface area contributed by atoms with Crippen LogP contribution in [0, 0.1) is 0 Å². The van der Waals surface area contributed by atoms with E-state index in [1.165, 1.54) is 0 Å². The third kappa shape index (κ3) is 3.61. The summed E-state index contributed by atoms with van der Waals surface area (Å²) < 4.78 is 0. The average molecular weight is 379 g/mol. The fourth-order valence-corrected chi connectivity index (χ4v) is 3.68. The second-order valence-corrected chi connectivity index (χ2v) is 7.42. The van der Waals surface area contributed by atoms with Gasteiger partial charge in [0.05, 0.1) is 29.0 Å². The molecule has 0 N–H and O–H groups in total. The van der Waals surface area contributed by atoms with Crippen molar-refractivity contribution in [3.05, 3.63) is 96.3 Å². The molecule has 1 aliphatic carbocycles. The highest BCUT2D eigenvalue weighted by atomic mass is 16.2. The van der Waals surface area contributed by atoms with E-state index in [0.29, 0.717) is 12.1 Å². The molecule has 0 bridgehead atoms. The second-order valence-electron chi connectivity index (χ2n) is 7.42. The summed E-state index contributed by atoms with van der Waals surface area (Å²) >= 11 is 0. The zero-order valence-electron chi connectivity index (χ0n) is 16.0. The Morgan fingerprint density at radius 1 is 0.931 bits per heavy atom. The average Bonchev–Trinajstić information content (AvgIpc) is 3.63. The first-order chi connectivity index (χ1) is 14.3. The van der Waals surface area contributed by atoms with Gasteiger partial charge in [0.1, 0.15) is 0 Å². The van der Waals surface area contributed by atoms with Gasteiger partial charge in [0.2, 0.25) is 0 Å². The van der Waals surface area contributed by atoms with E-state index in [2.05, 4.69) is 4.98 Å². The van der Waals surface area contributed by atoms with Crippen LogP contribution in [-0.4, -0.2) is 26.8 Å². The molecular formula is C25H21N3O. The molecule has 2 aromatic carbocycles. The van der Waals surface area contributed by atoms with Crippen LogP contribution in [0.15, 0.2) is 85.1 Å². The van der Waals surface area contributed by atoms with E-state index in [4.69, 9.17) is 4.98 Å². The van der Waals surface area contributed by atoms with Gasteiger partial charge < -0.3 is 4.90 Å². The van der Waals surface area contributed by atoms with Crippen molar-refractivity contribution in [1.29, 1.82) is 0 Å². The van der Waals surface area contributed by atoms with E-state index in [-0.39, 0.29) is 11.9 Å². The second kappa shape index (κ2) is 7.47. The number of rotatable bonds is 5. The fraction of sp³-hybridized carbons (Fsp3) is 0.160. The zero-order chi connectivity index (χ0) is 19.6. The van der Waals surface area contributed by atoms with Crippen LogP contribution in [0.25, 0.3) is 22.2 Å². The molecule has 0 saturated heterocycles. The van der Waals surface area contributed by atoms with Crippen molar-refractivity contribution in [2.24, 2.45) is 0 Å². The van der Waals surface area contributed by atoms with E-state index in [1.807, 2.05) is 83.8 Å². The zero-order valence-corrected chi connectivity index (χ0v) is 16.0. The normalized spacial score (nSPS) is 13.4. The van der Waals surface area contributed by atoms with Crippen LogP contribution < -0.4 is 0 Å². The third-order valence-electron chi connectivity index (χ3n) is 5.32. The SMILES string of the molecule is O=C(c1cc(-c2ccccc2)nc2ccccc12)N(Cc1ccccn1)C1CC1. The van der Waals surface area contributed by atoms with Gasteiger partial charge in [-0.1, -0.05) is 54.6 Å². The summed E-state index contributed by atoms with van der Waals surface area (Å²) in [6.07, 6.45) is 3.88. The lowest BCUT2D eigenvalue weighted by Gasteiger charge is -2.23. The van der Waals surface area contributed by atoms with Gasteiger partial charge in [-0.3, -0.25) is 9.78 Å². The molecule has 4 aromatic rings. The molecule has 0 spiro atoms. The Labute approximate surface area is 169 Å². The summed E-state index contributed by atoms with van der Waals surface area (Å²) in [6.45, 7) is 0.529. The molecule has 0 atom stereocenters. The quantitative estimate of drug-likeness (QED) is 0.484. The van der Waals surface area contributed by atoms with Crippen molar-refractivity contribution >= 4 is 16.8 Å². The van der Waals surface area contributed by atoms with Crippen LogP contribution in [0.3, 0.4) is 0 Å². The minimum absolute atomic E-state index is 0.0499. The van der Waals surface area contributed by atoms with Gasteiger partial charge in [0.25, 0.3) is 5.91 Å². The summed E-state index contributed by atoms with van der Waals surface area (Å²) in [4.78, 5) is 24.9. The Hall–Kier alpha value is -3.53. The first-order valence-corrected chi connectivity index (χ1v) is 9.96. The molecule has 142 valence electrons. The Kier molecular flexibility index (Phi) is 4.53. The van der Waals surface area contributed by atoms with Gasteiger partial charge in [-0.05, 0) is 37.1 Å². The number of fused-ring (bicyclic) bond motifs is 1. The molecular weight excluding hydrogens is 358 g/mol. The lowest BCUT2D eigenvalue weighted by atomic mass is 10.0. The number of hydrogen-bond donors (Lipinski definition) is 0. The maximum absolute atomic E-state index is 13.7. The van der Waals surface area contributed by atoms with Crippen LogP contribution in [0.1, 0.15) is 28.9 Å². The van der Waals surface area contributed by atoms with Gasteiger partial charge in [0, 0.05) is 23.2 Å². The van der Waals surface area contributed by atoms with Crippen molar-refractivity contribution in [3.63, 3.8) is 0 Å². The van der Waals surface area contributed by atoms with Crippen molar-refractivity contribution in [1.82, 2.24) is 14.9 Å². The minimum atomic E-state index is 0.0499. The maximum Gasteiger partial charge on any atom is 0.255 e. The van der Waals surface area contributed by atoms with Crippen LogP contribution in [0.5, 0.6) is 0 Å². The number of pyridine rings is 2. The molecule has 0 radical (unpaired) electrons. The van der Waals surface area contributed by atoms with Crippen molar-refractivity contribution < 1.29 is 4.79 Å². The van der Waals surface area contributed by atoms with Crippen LogP contribution in [0.2, 0.25) is 0 Å². The molecule has 29 heavy (non-hydrogen) atoms. The van der Waals surface area contributed by atoms with E-state index < -0.39 is 0 Å². The molecule has 4 heteroatoms. The van der Waals surface area contributed by atoms with Crippen molar-refractivity contribution in [3.8, 4) is 11.3 Å². The number of benzene rings is 2. The summed E-state index contributed by atoms with van der Waals surface area (Å²) in [7, 11) is 0. The minimum Gasteiger partial charge on any atom is -0.330 e. The van der Waals surface area contributed by atoms with Gasteiger partial charge in [-0.15, -0.1) is 0 Å². The van der Waals surface area contributed by atoms with Crippen LogP contribution >= 0.6 is 0 Å². The number of amides is 1. The lowest BCUT2D eigenvalue weighted by Crippen LogP contribution is -2.33. The van der Waals surface area contributed by atoms with Crippen LogP contribution in [0.4, 0.5) is 0 Å². The Morgan fingerprint density at radius 2 is 1.69 bits per heavy atom. The van der Waals surface area contributed by atoms with Crippen molar-refractivity contribution in [2.75, 3.05) is 0 Å². The molecule has 1 amide bonds. The molecule has 1 saturated carbocycles. The first-order valence-electron chi connectivity index (χ1n) is 9.96. The monoisotopic (exact) mass is 379 g/mol. The Bertz CT molecular complexity index is 1150. The number of carbonyl (C=O) groups is 1. The number of nitrogens with zero attached hydrogens (tertiary/aromatic N) is 3. The molecule has 1 fully saturated rings. The summed E-state index contributed by atoms with van der Waals surface area (Å²) in [6, 6.07) is 26.0. The number of carbonyl (C=O) groups excluding carboxylic acids is 1. The predicted octanol–water partition coefficient (Wildman–Crippen LogP) is 5.10. The van der Waals surface area contributed by atoms with Gasteiger partial charge in [-0.2, -0.15) is 0 Å². The van der Waals surface area contributed by atoms with E-state index in [1.54, 1.807) is 6.20 Å². The highest BCUT2D eigenvalue weighted by molar-refractivity contribution is 6.07. The molecule has 0 unspecified atom stereocenters. The summed E-state index contributed by atoms with van der Waals surface area (Å²) in [5, 5.41) is 0.892. The Morgan fingerprint density at radius 3 is 2.45 bits per heavy atom. The van der Waals surface area contributed by atoms with E-state index >= 15 is 0 Å². The number of hydrogen-bond acceptors (Lipinski definition) is 3. The first kappa shape index (κ1) is 17.6. The molecule has 2 heterocycles. The number of aromatic nitrogens is 2. The third-order valence-corrected chi connectivity index (χ3v) is 5.32. The molecule has 4 nitrogen and oxygen atoms in total. The lowest BCUT2D eigenvalue weighted by molar-refractivity contribution is 0.0729. The fourth-order valence-electron chi connectivity index (χ4n) is 3.68. The van der Waals surface area contributed by atoms with Gasteiger partial charge >= 0.3 is 0 Å². The smallest absolute Gasteiger partial charge is 0.255 e. The predicted molar refractivity (Wildman–Crippen MR) is 114 cm³/mol. The number of para-hydroxylation sites is 1. The maximum atomic E-state index is 13.7. The summed E-state index contributed by atoms with van der Waals surface area (Å²) in [5.41, 5.74) is 4.29. The molecule has 2 aromatic heterocycles. The Balaban J connectivity index is 1.59. The molecule has 1 aliphatic rings. The van der Waals surface area contributed by atoms with Gasteiger partial charge in [-0.25, -0.2) is 4.98 Å². The highest BCUT2D eigenvalue weighted by Gasteiger charge is 2.34. The van der Waals surface area contributed by atoms with Crippen LogP contribution in [-0.2, 0) is 6.54 Å². The van der Waals surface area contributed by atoms with E-state index in [0.717, 1.165) is 40.7 Å². The molecule has 5 rings (SSSR count). The van der Waals surface area contributed by atoms with Crippen molar-refractivity contribution in [2.45, 2.75) is 25.4 Å². The van der Waals surface area contributed by atoms with E-state index in [9.17, 15) is 4.79 Å².